The number of carbonyl (C=O) groups is 1. The third-order valence-electron chi connectivity index (χ3n) is 5.06. The Morgan fingerprint density at radius 3 is 1.73 bits per heavy atom. The van der Waals surface area contributed by atoms with Crippen molar-refractivity contribution in [2.45, 2.75) is 9.65 Å². The van der Waals surface area contributed by atoms with Crippen LogP contribution >= 0.6 is 31.9 Å². The minimum atomic E-state index is -1.06. The lowest BCUT2D eigenvalue weighted by atomic mass is 9.98. The Morgan fingerprint density at radius 1 is 0.818 bits per heavy atom. The van der Waals surface area contributed by atoms with Gasteiger partial charge in [0.05, 0.1) is 31.1 Å². The van der Waals surface area contributed by atoms with Crippen molar-refractivity contribution in [3.63, 3.8) is 0 Å². The van der Waals surface area contributed by atoms with E-state index in [9.17, 15) is 25.0 Å². The van der Waals surface area contributed by atoms with Gasteiger partial charge in [0.25, 0.3) is 11.4 Å². The molecule has 2 atom stereocenters. The van der Waals surface area contributed by atoms with Crippen LogP contribution in [0.2, 0.25) is 0 Å². The third-order valence-corrected chi connectivity index (χ3v) is 7.82. The Balaban J connectivity index is 1.80. The Kier molecular flexibility index (Phi) is 6.34. The number of nitro groups is 2. The van der Waals surface area contributed by atoms with Gasteiger partial charge in [-0.25, -0.2) is 4.79 Å². The van der Waals surface area contributed by atoms with Crippen molar-refractivity contribution in [2.24, 2.45) is 5.16 Å². The Morgan fingerprint density at radius 2 is 1.27 bits per heavy atom. The first-order chi connectivity index (χ1) is 15.8. The largest absolute Gasteiger partial charge is 0.366 e. The maximum absolute atomic E-state index is 12.7. The number of rotatable bonds is 4. The smallest absolute Gasteiger partial charge is 0.312 e. The monoisotopic (exact) mass is 573 g/mol. The maximum atomic E-state index is 12.7. The molecule has 0 saturated carbocycles. The predicted octanol–water partition coefficient (Wildman–Crippen LogP) is 6.00. The van der Waals surface area contributed by atoms with Crippen LogP contribution in [0.15, 0.2) is 71.9 Å². The Hall–Kier alpha value is -3.44. The molecule has 166 valence electrons. The summed E-state index contributed by atoms with van der Waals surface area (Å²) >= 11 is 7.44. The molecule has 0 aliphatic heterocycles. The summed E-state index contributed by atoms with van der Waals surface area (Å²) in [6.45, 7) is 0. The van der Waals surface area contributed by atoms with Gasteiger partial charge in [-0.1, -0.05) is 85.5 Å². The number of carbonyl (C=O) groups excluding carboxylic acids is 1. The van der Waals surface area contributed by atoms with E-state index >= 15 is 0 Å². The SMILES string of the molecule is O=C(ON=C1c2ccccc2C(Br)C(Br)c2ccccc21)c1cc([N+](=O)[O-])cc([N+](=O)[O-])c1. The molecule has 4 rings (SSSR count). The van der Waals surface area contributed by atoms with Crippen LogP contribution in [0.3, 0.4) is 0 Å². The topological polar surface area (TPSA) is 125 Å². The molecule has 3 aromatic rings. The molecule has 0 bridgehead atoms. The summed E-state index contributed by atoms with van der Waals surface area (Å²) in [6, 6.07) is 17.6. The molecule has 2 unspecified atom stereocenters. The highest BCUT2D eigenvalue weighted by Crippen LogP contribution is 2.47. The van der Waals surface area contributed by atoms with Crippen molar-refractivity contribution in [3.8, 4) is 0 Å². The van der Waals surface area contributed by atoms with Crippen LogP contribution < -0.4 is 0 Å². The molecule has 0 amide bonds. The lowest BCUT2D eigenvalue weighted by Gasteiger charge is -2.16. The number of non-ortho nitro benzene ring substituents is 2. The standard InChI is InChI=1S/C22H13Br2N3O6/c23-19-15-5-1-3-7-17(15)21(18-8-4-2-6-16(18)20(19)24)25-33-22(28)12-9-13(26(29)30)11-14(10-12)27(31)32/h1-11,19-20H. The maximum Gasteiger partial charge on any atom is 0.366 e. The molecule has 0 heterocycles. The van der Waals surface area contributed by atoms with Crippen LogP contribution in [0.1, 0.15) is 42.3 Å². The number of nitro benzene ring substituents is 2. The second-order valence-corrected chi connectivity index (χ2v) is 9.02. The molecule has 33 heavy (non-hydrogen) atoms. The predicted molar refractivity (Wildman–Crippen MR) is 127 cm³/mol. The van der Waals surface area contributed by atoms with Gasteiger partial charge in [0, 0.05) is 23.3 Å². The zero-order valence-corrected chi connectivity index (χ0v) is 19.7. The molecule has 9 nitrogen and oxygen atoms in total. The average molecular weight is 575 g/mol. The molecule has 1 aliphatic rings. The van der Waals surface area contributed by atoms with E-state index < -0.39 is 27.2 Å². The van der Waals surface area contributed by atoms with Crippen molar-refractivity contribution >= 4 is 54.9 Å². The second-order valence-electron chi connectivity index (χ2n) is 7.05. The van der Waals surface area contributed by atoms with Crippen molar-refractivity contribution in [1.82, 2.24) is 0 Å². The summed E-state index contributed by atoms with van der Waals surface area (Å²) in [5.74, 6) is -1.06. The number of hydrogen-bond acceptors (Lipinski definition) is 7. The molecule has 1 aliphatic carbocycles. The average Bonchev–Trinajstić information content (AvgIpc) is 2.91. The molecule has 11 heteroatoms. The molecule has 0 N–H and O–H groups in total. The van der Waals surface area contributed by atoms with E-state index in [1.807, 2.05) is 48.5 Å². The van der Waals surface area contributed by atoms with Crippen LogP contribution in [0.25, 0.3) is 0 Å². The number of halogens is 2. The van der Waals surface area contributed by atoms with Crippen LogP contribution in [-0.2, 0) is 4.84 Å². The van der Waals surface area contributed by atoms with E-state index in [0.29, 0.717) is 5.71 Å². The van der Waals surface area contributed by atoms with E-state index in [2.05, 4.69) is 37.0 Å². The van der Waals surface area contributed by atoms with Gasteiger partial charge in [0.15, 0.2) is 0 Å². The fourth-order valence-corrected chi connectivity index (χ4v) is 4.90. The first kappa shape index (κ1) is 22.7. The lowest BCUT2D eigenvalue weighted by molar-refractivity contribution is -0.394. The number of fused-ring (bicyclic) bond motifs is 2. The lowest BCUT2D eigenvalue weighted by Crippen LogP contribution is -2.10. The van der Waals surface area contributed by atoms with Crippen LogP contribution in [0.4, 0.5) is 11.4 Å². The summed E-state index contributed by atoms with van der Waals surface area (Å²) in [7, 11) is 0. The highest BCUT2D eigenvalue weighted by molar-refractivity contribution is 9.12. The zero-order valence-electron chi connectivity index (χ0n) is 16.6. The molecular formula is C22H13Br2N3O6. The third kappa shape index (κ3) is 4.41. The van der Waals surface area contributed by atoms with Crippen molar-refractivity contribution in [1.29, 1.82) is 0 Å². The summed E-state index contributed by atoms with van der Waals surface area (Å²) in [5.41, 5.74) is 2.12. The molecule has 0 radical (unpaired) electrons. The summed E-state index contributed by atoms with van der Waals surface area (Å²) in [6.07, 6.45) is 0. The van der Waals surface area contributed by atoms with Gasteiger partial charge < -0.3 is 4.84 Å². The molecule has 3 aromatic carbocycles. The first-order valence-corrected chi connectivity index (χ1v) is 11.3. The number of nitrogens with zero attached hydrogens (tertiary/aromatic N) is 3. The number of oxime groups is 1. The van der Waals surface area contributed by atoms with E-state index in [1.165, 1.54) is 0 Å². The van der Waals surface area contributed by atoms with Crippen LogP contribution in [-0.4, -0.2) is 21.5 Å². The Labute approximate surface area is 203 Å². The van der Waals surface area contributed by atoms with Gasteiger partial charge in [-0.15, -0.1) is 0 Å². The summed E-state index contributed by atoms with van der Waals surface area (Å²) in [4.78, 5) is 38.2. The van der Waals surface area contributed by atoms with E-state index in [4.69, 9.17) is 4.84 Å². The van der Waals surface area contributed by atoms with Crippen molar-refractivity contribution in [3.05, 3.63) is 115 Å². The quantitative estimate of drug-likeness (QED) is 0.163. The zero-order chi connectivity index (χ0) is 23.7. The van der Waals surface area contributed by atoms with Gasteiger partial charge in [-0.05, 0) is 11.1 Å². The van der Waals surface area contributed by atoms with Gasteiger partial charge >= 0.3 is 5.97 Å². The number of hydrogen-bond donors (Lipinski definition) is 0. The highest BCUT2D eigenvalue weighted by atomic mass is 79.9. The number of alkyl halides is 2. The molecule has 0 spiro atoms. The molecule has 0 saturated heterocycles. The van der Waals surface area contributed by atoms with Gasteiger partial charge in [0.2, 0.25) is 0 Å². The number of benzene rings is 3. The van der Waals surface area contributed by atoms with Crippen LogP contribution in [0, 0.1) is 20.2 Å². The molecule has 0 fully saturated rings. The summed E-state index contributed by atoms with van der Waals surface area (Å²) < 4.78 is 0. The van der Waals surface area contributed by atoms with Crippen LogP contribution in [0.5, 0.6) is 0 Å². The van der Waals surface area contributed by atoms with E-state index in [0.717, 1.165) is 40.5 Å². The van der Waals surface area contributed by atoms with Crippen molar-refractivity contribution in [2.75, 3.05) is 0 Å². The normalized spacial score (nSPS) is 16.7. The highest BCUT2D eigenvalue weighted by Gasteiger charge is 2.31. The van der Waals surface area contributed by atoms with Crippen molar-refractivity contribution < 1.29 is 19.5 Å². The summed E-state index contributed by atoms with van der Waals surface area (Å²) in [5, 5.41) is 26.4. The molecular weight excluding hydrogens is 562 g/mol. The van der Waals surface area contributed by atoms with E-state index in [1.54, 1.807) is 0 Å². The minimum absolute atomic E-state index is 0.0994. The van der Waals surface area contributed by atoms with Gasteiger partial charge in [-0.3, -0.25) is 20.2 Å². The first-order valence-electron chi connectivity index (χ1n) is 9.48. The van der Waals surface area contributed by atoms with E-state index in [-0.39, 0.29) is 15.2 Å². The molecule has 0 aromatic heterocycles. The second kappa shape index (κ2) is 9.20. The fraction of sp³-hybridized carbons (Fsp3) is 0.0909. The minimum Gasteiger partial charge on any atom is -0.312 e. The fourth-order valence-electron chi connectivity index (χ4n) is 3.53. The Bertz CT molecular complexity index is 1240. The van der Waals surface area contributed by atoms with Gasteiger partial charge in [0.1, 0.15) is 5.71 Å². The van der Waals surface area contributed by atoms with Gasteiger partial charge in [-0.2, -0.15) is 0 Å².